The number of piperidine rings is 1. The van der Waals surface area contributed by atoms with Crippen molar-refractivity contribution >= 4 is 11.5 Å². The highest BCUT2D eigenvalue weighted by atomic mass is 16.4. The minimum absolute atomic E-state index is 0.0404. The second-order valence-corrected chi connectivity index (χ2v) is 5.03. The van der Waals surface area contributed by atoms with Crippen molar-refractivity contribution in [3.05, 3.63) is 24.0 Å². The number of hydrogen-bond donors (Lipinski definition) is 2. The summed E-state index contributed by atoms with van der Waals surface area (Å²) in [5.41, 5.74) is 7.12. The first-order valence-corrected chi connectivity index (χ1v) is 6.47. The second-order valence-electron chi connectivity index (χ2n) is 5.03. The summed E-state index contributed by atoms with van der Waals surface area (Å²) in [5.74, 6) is 0.0404. The third-order valence-corrected chi connectivity index (χ3v) is 3.76. The van der Waals surface area contributed by atoms with Crippen LogP contribution in [0.15, 0.2) is 23.5 Å². The van der Waals surface area contributed by atoms with Crippen LogP contribution in [0.1, 0.15) is 18.5 Å². The fraction of sp³-hybridized carbons (Fsp3) is 0.538. The Bertz CT molecular complexity index is 454. The molecule has 0 bridgehead atoms. The van der Waals surface area contributed by atoms with Gasteiger partial charge in [0.05, 0.1) is 0 Å². The molecule has 0 aliphatic carbocycles. The lowest BCUT2D eigenvalue weighted by molar-refractivity contribution is 0.253. The number of anilines is 1. The van der Waals surface area contributed by atoms with Crippen molar-refractivity contribution in [3.63, 3.8) is 0 Å². The van der Waals surface area contributed by atoms with Crippen molar-refractivity contribution in [1.82, 2.24) is 9.88 Å². The Morgan fingerprint density at radius 1 is 1.53 bits per heavy atom. The molecule has 104 valence electrons. The van der Waals surface area contributed by atoms with E-state index >= 15 is 0 Å². The number of likely N-dealkylation sites (tertiary alicyclic amines) is 1. The van der Waals surface area contributed by atoms with Gasteiger partial charge in [-0.25, -0.2) is 0 Å². The van der Waals surface area contributed by atoms with Crippen LogP contribution in [0.5, 0.6) is 0 Å². The van der Waals surface area contributed by atoms with Gasteiger partial charge in [-0.05, 0) is 45.1 Å². The summed E-state index contributed by atoms with van der Waals surface area (Å²) in [5, 5.41) is 11.7. The van der Waals surface area contributed by atoms with Crippen molar-refractivity contribution in [2.24, 2.45) is 10.9 Å². The van der Waals surface area contributed by atoms with Crippen molar-refractivity contribution in [1.29, 1.82) is 0 Å². The van der Waals surface area contributed by atoms with Crippen LogP contribution in [-0.2, 0) is 0 Å². The third-order valence-electron chi connectivity index (χ3n) is 3.76. The highest BCUT2D eigenvalue weighted by molar-refractivity contribution is 5.95. The lowest BCUT2D eigenvalue weighted by atomic mass is 10.0. The number of hydrogen-bond acceptors (Lipinski definition) is 5. The smallest absolute Gasteiger partial charge is 0.188 e. The maximum absolute atomic E-state index is 8.70. The standard InChI is InChI=1S/C13H21N5O/c1-17-7-4-10(5-8-17)18(2)11-3-6-15-12(9-11)13(14)16-19/h3,6,9-10,19H,4-5,7-8H2,1-2H3,(H2,14,16). The normalized spacial score (nSPS) is 18.5. The summed E-state index contributed by atoms with van der Waals surface area (Å²) in [6, 6.07) is 4.33. The Morgan fingerprint density at radius 3 is 2.84 bits per heavy atom. The third kappa shape index (κ3) is 3.14. The fourth-order valence-corrected chi connectivity index (χ4v) is 2.42. The summed E-state index contributed by atoms with van der Waals surface area (Å²) >= 11 is 0. The monoisotopic (exact) mass is 263 g/mol. The topological polar surface area (TPSA) is 78.0 Å². The van der Waals surface area contributed by atoms with E-state index in [9.17, 15) is 0 Å². The molecule has 0 radical (unpaired) electrons. The van der Waals surface area contributed by atoms with Crippen molar-refractivity contribution in [3.8, 4) is 0 Å². The van der Waals surface area contributed by atoms with Gasteiger partial charge in [-0.3, -0.25) is 4.98 Å². The molecule has 6 heteroatoms. The van der Waals surface area contributed by atoms with Crippen LogP contribution < -0.4 is 10.6 Å². The molecule has 3 N–H and O–H groups in total. The Hall–Kier alpha value is -1.82. The molecule has 0 unspecified atom stereocenters. The molecule has 2 rings (SSSR count). The summed E-state index contributed by atoms with van der Waals surface area (Å²) in [7, 11) is 4.24. The summed E-state index contributed by atoms with van der Waals surface area (Å²) in [4.78, 5) is 8.70. The van der Waals surface area contributed by atoms with E-state index in [-0.39, 0.29) is 5.84 Å². The first kappa shape index (κ1) is 13.6. The maximum Gasteiger partial charge on any atom is 0.188 e. The van der Waals surface area contributed by atoms with Gasteiger partial charge in [-0.1, -0.05) is 5.16 Å². The van der Waals surface area contributed by atoms with E-state index in [2.05, 4.69) is 34.0 Å². The van der Waals surface area contributed by atoms with Gasteiger partial charge in [0, 0.05) is 25.0 Å². The van der Waals surface area contributed by atoms with Crippen LogP contribution in [0.25, 0.3) is 0 Å². The minimum atomic E-state index is 0.0404. The molecule has 1 aromatic heterocycles. The lowest BCUT2D eigenvalue weighted by Gasteiger charge is -2.36. The van der Waals surface area contributed by atoms with E-state index in [4.69, 9.17) is 10.9 Å². The van der Waals surface area contributed by atoms with Crippen LogP contribution in [-0.4, -0.2) is 54.2 Å². The molecular formula is C13H21N5O. The van der Waals surface area contributed by atoms with Gasteiger partial charge >= 0.3 is 0 Å². The summed E-state index contributed by atoms with van der Waals surface area (Å²) in [6.45, 7) is 2.24. The molecule has 0 aromatic carbocycles. The molecule has 1 aromatic rings. The van der Waals surface area contributed by atoms with E-state index in [1.807, 2.05) is 12.1 Å². The SMILES string of the molecule is CN1CCC(N(C)c2ccnc(/C(N)=N/O)c2)CC1. The molecule has 1 saturated heterocycles. The van der Waals surface area contributed by atoms with Gasteiger partial charge in [0.1, 0.15) is 5.69 Å². The highest BCUT2D eigenvalue weighted by Crippen LogP contribution is 2.21. The molecule has 1 aliphatic rings. The Labute approximate surface area is 113 Å². The lowest BCUT2D eigenvalue weighted by Crippen LogP contribution is -2.42. The van der Waals surface area contributed by atoms with Gasteiger partial charge in [-0.2, -0.15) is 0 Å². The van der Waals surface area contributed by atoms with Gasteiger partial charge in [0.25, 0.3) is 0 Å². The van der Waals surface area contributed by atoms with E-state index in [1.165, 1.54) is 0 Å². The van der Waals surface area contributed by atoms with Crippen molar-refractivity contribution < 1.29 is 5.21 Å². The van der Waals surface area contributed by atoms with Gasteiger partial charge in [0.15, 0.2) is 5.84 Å². The average Bonchev–Trinajstić information content (AvgIpc) is 2.46. The van der Waals surface area contributed by atoms with Gasteiger partial charge in [0.2, 0.25) is 0 Å². The van der Waals surface area contributed by atoms with Crippen molar-refractivity contribution in [2.75, 3.05) is 32.1 Å². The predicted molar refractivity (Wildman–Crippen MR) is 75.7 cm³/mol. The second kappa shape index (κ2) is 5.88. The predicted octanol–water partition coefficient (Wildman–Crippen LogP) is 0.707. The molecule has 19 heavy (non-hydrogen) atoms. The molecule has 0 atom stereocenters. The summed E-state index contributed by atoms with van der Waals surface area (Å²) < 4.78 is 0. The molecule has 2 heterocycles. The molecule has 0 spiro atoms. The largest absolute Gasteiger partial charge is 0.409 e. The van der Waals surface area contributed by atoms with Gasteiger partial charge in [-0.15, -0.1) is 0 Å². The number of rotatable bonds is 3. The first-order chi connectivity index (χ1) is 9.11. The number of nitrogens with two attached hydrogens (primary N) is 1. The zero-order valence-corrected chi connectivity index (χ0v) is 11.5. The van der Waals surface area contributed by atoms with Crippen LogP contribution in [0.3, 0.4) is 0 Å². The van der Waals surface area contributed by atoms with Crippen molar-refractivity contribution in [2.45, 2.75) is 18.9 Å². The molecule has 0 saturated carbocycles. The molecule has 0 amide bonds. The molecule has 6 nitrogen and oxygen atoms in total. The number of amidine groups is 1. The summed E-state index contributed by atoms with van der Waals surface area (Å²) in [6.07, 6.45) is 3.98. The fourth-order valence-electron chi connectivity index (χ4n) is 2.42. The molecular weight excluding hydrogens is 242 g/mol. The number of aromatic nitrogens is 1. The van der Waals surface area contributed by atoms with Gasteiger partial charge < -0.3 is 20.7 Å². The Morgan fingerprint density at radius 2 is 2.21 bits per heavy atom. The zero-order valence-electron chi connectivity index (χ0n) is 11.5. The zero-order chi connectivity index (χ0) is 13.8. The highest BCUT2D eigenvalue weighted by Gasteiger charge is 2.21. The van der Waals surface area contributed by atoms with E-state index < -0.39 is 0 Å². The number of nitrogens with zero attached hydrogens (tertiary/aromatic N) is 4. The molecule has 1 aliphatic heterocycles. The van der Waals surface area contributed by atoms with E-state index in [0.29, 0.717) is 11.7 Å². The molecule has 1 fully saturated rings. The minimum Gasteiger partial charge on any atom is -0.409 e. The number of pyridine rings is 1. The van der Waals surface area contributed by atoms with Crippen LogP contribution in [0, 0.1) is 0 Å². The van der Waals surface area contributed by atoms with E-state index in [0.717, 1.165) is 31.6 Å². The maximum atomic E-state index is 8.70. The number of oxime groups is 1. The van der Waals surface area contributed by atoms with Crippen LogP contribution in [0.2, 0.25) is 0 Å². The first-order valence-electron chi connectivity index (χ1n) is 6.47. The van der Waals surface area contributed by atoms with Crippen LogP contribution in [0.4, 0.5) is 5.69 Å². The van der Waals surface area contributed by atoms with Crippen LogP contribution >= 0.6 is 0 Å². The quantitative estimate of drug-likeness (QED) is 0.363. The Kier molecular flexibility index (Phi) is 4.21. The van der Waals surface area contributed by atoms with E-state index in [1.54, 1.807) is 6.20 Å². The Balaban J connectivity index is 2.13. The average molecular weight is 263 g/mol.